The molecular weight excluding hydrogens is 159 g/mol. The molecule has 1 aliphatic rings. The Kier molecular flexibility index (Phi) is 1.38. The van der Waals surface area contributed by atoms with Crippen LogP contribution in [0, 0.1) is 5.82 Å². The topological polar surface area (TPSA) is 55.1 Å². The number of nitrogens with one attached hydrogen (secondary N) is 1. The van der Waals surface area contributed by atoms with Crippen molar-refractivity contribution in [2.24, 2.45) is 5.73 Å². The van der Waals surface area contributed by atoms with Crippen LogP contribution in [0.3, 0.4) is 0 Å². The van der Waals surface area contributed by atoms with Gasteiger partial charge in [-0.3, -0.25) is 4.79 Å². The van der Waals surface area contributed by atoms with Crippen molar-refractivity contribution in [3.05, 3.63) is 29.6 Å². The summed E-state index contributed by atoms with van der Waals surface area (Å²) in [5.41, 5.74) is 6.61. The van der Waals surface area contributed by atoms with E-state index in [1.54, 1.807) is 0 Å². The first-order chi connectivity index (χ1) is 5.68. The summed E-state index contributed by atoms with van der Waals surface area (Å²) in [6.07, 6.45) is 0. The van der Waals surface area contributed by atoms with Gasteiger partial charge in [0, 0.05) is 11.3 Å². The number of anilines is 1. The molecule has 0 radical (unpaired) electrons. The molecule has 1 amide bonds. The van der Waals surface area contributed by atoms with Crippen LogP contribution in [-0.2, 0) is 4.79 Å². The standard InChI is InChI=1S/C8H7FN2O/c9-4-1-2-6-5(3-4)7(10)8(12)11-6/h1-3,7H,10H2,(H,11,12)/t7-/m0/s1. The summed E-state index contributed by atoms with van der Waals surface area (Å²) < 4.78 is 12.7. The van der Waals surface area contributed by atoms with Crippen LogP contribution >= 0.6 is 0 Å². The van der Waals surface area contributed by atoms with Crippen molar-refractivity contribution in [3.8, 4) is 0 Å². The Balaban J connectivity index is 2.55. The van der Waals surface area contributed by atoms with E-state index in [2.05, 4.69) is 5.32 Å². The lowest BCUT2D eigenvalue weighted by atomic mass is 10.1. The van der Waals surface area contributed by atoms with E-state index in [-0.39, 0.29) is 11.7 Å². The summed E-state index contributed by atoms with van der Waals surface area (Å²) in [5.74, 6) is -0.656. The zero-order valence-corrected chi connectivity index (χ0v) is 6.17. The second-order valence-corrected chi connectivity index (χ2v) is 2.70. The molecule has 1 atom stereocenters. The van der Waals surface area contributed by atoms with Gasteiger partial charge < -0.3 is 11.1 Å². The maximum Gasteiger partial charge on any atom is 0.245 e. The summed E-state index contributed by atoms with van der Waals surface area (Å²) in [6.45, 7) is 0. The molecule has 0 saturated carbocycles. The highest BCUT2D eigenvalue weighted by Gasteiger charge is 2.26. The number of hydrogen-bond acceptors (Lipinski definition) is 2. The van der Waals surface area contributed by atoms with Crippen LogP contribution in [0.25, 0.3) is 0 Å². The molecule has 12 heavy (non-hydrogen) atoms. The fraction of sp³-hybridized carbons (Fsp3) is 0.125. The molecule has 1 aromatic carbocycles. The molecule has 3 nitrogen and oxygen atoms in total. The van der Waals surface area contributed by atoms with Gasteiger partial charge in [-0.25, -0.2) is 4.39 Å². The summed E-state index contributed by atoms with van der Waals surface area (Å²) >= 11 is 0. The number of amides is 1. The highest BCUT2D eigenvalue weighted by Crippen LogP contribution is 2.29. The lowest BCUT2D eigenvalue weighted by Crippen LogP contribution is -2.19. The molecule has 3 N–H and O–H groups in total. The van der Waals surface area contributed by atoms with Crippen molar-refractivity contribution in [1.29, 1.82) is 0 Å². The number of carbonyl (C=O) groups is 1. The molecule has 62 valence electrons. The average Bonchev–Trinajstić information content (AvgIpc) is 2.31. The zero-order valence-electron chi connectivity index (χ0n) is 6.17. The van der Waals surface area contributed by atoms with Crippen LogP contribution in [0.2, 0.25) is 0 Å². The van der Waals surface area contributed by atoms with Gasteiger partial charge in [0.25, 0.3) is 0 Å². The molecule has 0 aromatic heterocycles. The molecule has 0 fully saturated rings. The van der Waals surface area contributed by atoms with Crippen molar-refractivity contribution < 1.29 is 9.18 Å². The van der Waals surface area contributed by atoms with Gasteiger partial charge in [0.1, 0.15) is 11.9 Å². The highest BCUT2D eigenvalue weighted by molar-refractivity contribution is 6.02. The summed E-state index contributed by atoms with van der Waals surface area (Å²) in [7, 11) is 0. The number of carbonyl (C=O) groups excluding carboxylic acids is 1. The molecule has 0 aliphatic carbocycles. The number of hydrogen-bond donors (Lipinski definition) is 2. The largest absolute Gasteiger partial charge is 0.324 e. The Morgan fingerprint density at radius 3 is 3.00 bits per heavy atom. The zero-order chi connectivity index (χ0) is 8.72. The van der Waals surface area contributed by atoms with Gasteiger partial charge in [0.05, 0.1) is 0 Å². The van der Waals surface area contributed by atoms with Crippen LogP contribution in [0.4, 0.5) is 10.1 Å². The quantitative estimate of drug-likeness (QED) is 0.598. The van der Waals surface area contributed by atoms with E-state index < -0.39 is 6.04 Å². The molecule has 0 unspecified atom stereocenters. The van der Waals surface area contributed by atoms with E-state index in [0.29, 0.717) is 11.3 Å². The lowest BCUT2D eigenvalue weighted by Gasteiger charge is -1.99. The minimum absolute atomic E-state index is 0.282. The molecule has 0 saturated heterocycles. The Morgan fingerprint density at radius 1 is 1.50 bits per heavy atom. The first kappa shape index (κ1) is 7.24. The van der Waals surface area contributed by atoms with E-state index in [0.717, 1.165) is 0 Å². The van der Waals surface area contributed by atoms with Crippen molar-refractivity contribution in [2.45, 2.75) is 6.04 Å². The van der Waals surface area contributed by atoms with Crippen LogP contribution < -0.4 is 11.1 Å². The van der Waals surface area contributed by atoms with E-state index in [4.69, 9.17) is 5.73 Å². The minimum atomic E-state index is -0.726. The third-order valence-electron chi connectivity index (χ3n) is 1.89. The van der Waals surface area contributed by atoms with Crippen molar-refractivity contribution >= 4 is 11.6 Å². The second kappa shape index (κ2) is 2.28. The number of benzene rings is 1. The van der Waals surface area contributed by atoms with Crippen LogP contribution in [0.1, 0.15) is 11.6 Å². The Bertz CT molecular complexity index is 351. The molecule has 1 aliphatic heterocycles. The third-order valence-corrected chi connectivity index (χ3v) is 1.89. The SMILES string of the molecule is N[C@@H]1C(=O)Nc2ccc(F)cc21. The van der Waals surface area contributed by atoms with Crippen LogP contribution in [-0.4, -0.2) is 5.91 Å². The van der Waals surface area contributed by atoms with Crippen molar-refractivity contribution in [1.82, 2.24) is 0 Å². The normalized spacial score (nSPS) is 20.5. The molecule has 0 spiro atoms. The van der Waals surface area contributed by atoms with Crippen molar-refractivity contribution in [3.63, 3.8) is 0 Å². The summed E-state index contributed by atoms with van der Waals surface area (Å²) in [4.78, 5) is 11.0. The summed E-state index contributed by atoms with van der Waals surface area (Å²) in [6, 6.07) is 3.35. The van der Waals surface area contributed by atoms with Gasteiger partial charge in [0.2, 0.25) is 5.91 Å². The minimum Gasteiger partial charge on any atom is -0.324 e. The fourth-order valence-corrected chi connectivity index (χ4v) is 1.26. The van der Waals surface area contributed by atoms with Gasteiger partial charge in [-0.2, -0.15) is 0 Å². The number of fused-ring (bicyclic) bond motifs is 1. The Morgan fingerprint density at radius 2 is 2.25 bits per heavy atom. The first-order valence-electron chi connectivity index (χ1n) is 3.54. The highest BCUT2D eigenvalue weighted by atomic mass is 19.1. The number of rotatable bonds is 0. The Labute approximate surface area is 68.4 Å². The van der Waals surface area contributed by atoms with Gasteiger partial charge in [0.15, 0.2) is 0 Å². The van der Waals surface area contributed by atoms with Crippen LogP contribution in [0.5, 0.6) is 0 Å². The third kappa shape index (κ3) is 0.887. The predicted molar refractivity (Wildman–Crippen MR) is 42.0 cm³/mol. The van der Waals surface area contributed by atoms with E-state index in [1.807, 2.05) is 0 Å². The molecule has 4 heteroatoms. The molecular formula is C8H7FN2O. The molecule has 2 rings (SSSR count). The Hall–Kier alpha value is -1.42. The van der Waals surface area contributed by atoms with Gasteiger partial charge in [-0.05, 0) is 18.2 Å². The molecule has 1 aromatic rings. The maximum absolute atomic E-state index is 12.7. The summed E-state index contributed by atoms with van der Waals surface area (Å²) in [5, 5.41) is 2.54. The van der Waals surface area contributed by atoms with Gasteiger partial charge in [-0.1, -0.05) is 0 Å². The molecule has 0 bridgehead atoms. The number of nitrogens with two attached hydrogens (primary N) is 1. The fourth-order valence-electron chi connectivity index (χ4n) is 1.26. The van der Waals surface area contributed by atoms with E-state index >= 15 is 0 Å². The average molecular weight is 166 g/mol. The second-order valence-electron chi connectivity index (χ2n) is 2.70. The smallest absolute Gasteiger partial charge is 0.245 e. The van der Waals surface area contributed by atoms with Crippen molar-refractivity contribution in [2.75, 3.05) is 5.32 Å². The van der Waals surface area contributed by atoms with Gasteiger partial charge >= 0.3 is 0 Å². The van der Waals surface area contributed by atoms with E-state index in [9.17, 15) is 9.18 Å². The predicted octanol–water partition coefficient (Wildman–Crippen LogP) is 0.778. The monoisotopic (exact) mass is 166 g/mol. The molecule has 1 heterocycles. The maximum atomic E-state index is 12.7. The lowest BCUT2D eigenvalue weighted by molar-refractivity contribution is -0.116. The number of halogens is 1. The van der Waals surface area contributed by atoms with E-state index in [1.165, 1.54) is 18.2 Å². The van der Waals surface area contributed by atoms with Crippen LogP contribution in [0.15, 0.2) is 18.2 Å². The first-order valence-corrected chi connectivity index (χ1v) is 3.54. The van der Waals surface area contributed by atoms with Gasteiger partial charge in [-0.15, -0.1) is 0 Å².